The smallest absolute Gasteiger partial charge is 0.125 e. The molecule has 88 valence electrons. The van der Waals surface area contributed by atoms with Crippen molar-refractivity contribution in [1.82, 2.24) is 9.97 Å². The number of hydrogen-bond acceptors (Lipinski definition) is 3. The van der Waals surface area contributed by atoms with E-state index in [4.69, 9.17) is 0 Å². The zero-order valence-corrected chi connectivity index (χ0v) is 14.0. The molecule has 0 aliphatic carbocycles. The van der Waals surface area contributed by atoms with Crippen molar-refractivity contribution >= 4 is 0 Å². The molecule has 0 unspecified atom stereocenters. The van der Waals surface area contributed by atoms with Crippen molar-refractivity contribution in [2.24, 2.45) is 0 Å². The monoisotopic (exact) mass is 273 g/mol. The molecule has 0 atom stereocenters. The van der Waals surface area contributed by atoms with Gasteiger partial charge >= 0.3 is 0 Å². The SMILES string of the molecule is C[CH-]C.Cc1ncc(CC(C)(C)O)cn1.[Zn]. The maximum Gasteiger partial charge on any atom is 0.125 e. The quantitative estimate of drug-likeness (QED) is 0.665. The van der Waals surface area contributed by atoms with Gasteiger partial charge in [-0.25, -0.2) is 9.97 Å². The van der Waals surface area contributed by atoms with Crippen LogP contribution >= 0.6 is 0 Å². The summed E-state index contributed by atoms with van der Waals surface area (Å²) >= 11 is 0. The topological polar surface area (TPSA) is 46.0 Å². The van der Waals surface area contributed by atoms with Crippen molar-refractivity contribution in [2.45, 2.75) is 46.6 Å². The number of aromatic nitrogens is 2. The second kappa shape index (κ2) is 8.77. The van der Waals surface area contributed by atoms with E-state index in [0.29, 0.717) is 6.42 Å². The summed E-state index contributed by atoms with van der Waals surface area (Å²) in [5.74, 6) is 0.759. The van der Waals surface area contributed by atoms with Crippen molar-refractivity contribution in [2.75, 3.05) is 0 Å². The second-order valence-electron chi connectivity index (χ2n) is 4.21. The molecule has 0 aromatic carbocycles. The summed E-state index contributed by atoms with van der Waals surface area (Å²) < 4.78 is 0. The van der Waals surface area contributed by atoms with E-state index in [0.717, 1.165) is 11.4 Å². The van der Waals surface area contributed by atoms with Gasteiger partial charge in [0.25, 0.3) is 0 Å². The summed E-state index contributed by atoms with van der Waals surface area (Å²) in [5, 5.41) is 9.48. The van der Waals surface area contributed by atoms with Crippen LogP contribution in [0.4, 0.5) is 0 Å². The maximum atomic E-state index is 9.48. The van der Waals surface area contributed by atoms with Crippen LogP contribution in [0.2, 0.25) is 0 Å². The Kier molecular flexibility index (Phi) is 9.89. The van der Waals surface area contributed by atoms with Gasteiger partial charge in [0, 0.05) is 38.3 Å². The second-order valence-corrected chi connectivity index (χ2v) is 4.21. The fourth-order valence-electron chi connectivity index (χ4n) is 1.01. The molecule has 0 saturated heterocycles. The number of hydrogen-bond donors (Lipinski definition) is 1. The van der Waals surface area contributed by atoms with E-state index >= 15 is 0 Å². The predicted molar refractivity (Wildman–Crippen MR) is 62.4 cm³/mol. The number of nitrogens with zero attached hydrogens (tertiary/aromatic N) is 2. The third-order valence-corrected chi connectivity index (χ3v) is 1.47. The van der Waals surface area contributed by atoms with Crippen LogP contribution in [0.25, 0.3) is 0 Å². The first-order valence-electron chi connectivity index (χ1n) is 5.13. The van der Waals surface area contributed by atoms with Crippen LogP contribution in [-0.4, -0.2) is 20.7 Å². The summed E-state index contributed by atoms with van der Waals surface area (Å²) in [5.41, 5.74) is 0.284. The fourth-order valence-corrected chi connectivity index (χ4v) is 1.01. The molecule has 0 fully saturated rings. The number of aliphatic hydroxyl groups is 1. The molecule has 0 aliphatic heterocycles. The van der Waals surface area contributed by atoms with Crippen molar-refractivity contribution in [3.05, 3.63) is 30.2 Å². The van der Waals surface area contributed by atoms with E-state index in [1.165, 1.54) is 0 Å². The Labute approximate surface area is 111 Å². The summed E-state index contributed by atoms with van der Waals surface area (Å²) in [6.07, 6.45) is 6.09. The normalized spacial score (nSPS) is 9.88. The average Bonchev–Trinajstić information content (AvgIpc) is 2.08. The maximum absolute atomic E-state index is 9.48. The van der Waals surface area contributed by atoms with Gasteiger partial charge in [0.05, 0.1) is 5.60 Å². The van der Waals surface area contributed by atoms with E-state index in [-0.39, 0.29) is 19.5 Å². The van der Waals surface area contributed by atoms with Gasteiger partial charge < -0.3 is 11.5 Å². The van der Waals surface area contributed by atoms with Crippen LogP contribution in [0.3, 0.4) is 0 Å². The van der Waals surface area contributed by atoms with E-state index in [1.54, 1.807) is 26.2 Å². The van der Waals surface area contributed by atoms with Crippen molar-refractivity contribution < 1.29 is 24.6 Å². The molecule has 0 amide bonds. The summed E-state index contributed by atoms with van der Waals surface area (Å²) in [4.78, 5) is 8.08. The van der Waals surface area contributed by atoms with Crippen molar-refractivity contribution in [3.8, 4) is 0 Å². The van der Waals surface area contributed by atoms with Crippen LogP contribution in [0.1, 0.15) is 39.1 Å². The Hall–Kier alpha value is -0.337. The summed E-state index contributed by atoms with van der Waals surface area (Å²) in [7, 11) is 0. The Morgan fingerprint density at radius 1 is 1.25 bits per heavy atom. The van der Waals surface area contributed by atoms with Gasteiger partial charge in [0.2, 0.25) is 0 Å². The first-order valence-corrected chi connectivity index (χ1v) is 5.13. The van der Waals surface area contributed by atoms with E-state index in [2.05, 4.69) is 9.97 Å². The van der Waals surface area contributed by atoms with Gasteiger partial charge in [0.15, 0.2) is 0 Å². The Balaban J connectivity index is 0. The minimum atomic E-state index is -0.682. The fraction of sp³-hybridized carbons (Fsp3) is 0.583. The first kappa shape index (κ1) is 18.0. The van der Waals surface area contributed by atoms with Crippen molar-refractivity contribution in [1.29, 1.82) is 0 Å². The molecule has 4 heteroatoms. The number of aryl methyl sites for hydroxylation is 1. The molecule has 0 aliphatic rings. The van der Waals surface area contributed by atoms with E-state index in [9.17, 15) is 5.11 Å². The molecule has 0 bridgehead atoms. The molecule has 1 aromatic heterocycles. The van der Waals surface area contributed by atoms with Crippen LogP contribution in [0.15, 0.2) is 12.4 Å². The summed E-state index contributed by atoms with van der Waals surface area (Å²) in [6.45, 7) is 9.38. The Morgan fingerprint density at radius 2 is 1.62 bits per heavy atom. The minimum absolute atomic E-state index is 0. The molecule has 1 rings (SSSR count). The van der Waals surface area contributed by atoms with E-state index in [1.807, 2.05) is 27.2 Å². The van der Waals surface area contributed by atoms with Crippen LogP contribution in [-0.2, 0) is 25.9 Å². The Morgan fingerprint density at radius 3 is 1.94 bits per heavy atom. The van der Waals surface area contributed by atoms with Gasteiger partial charge in [-0.05, 0) is 26.3 Å². The van der Waals surface area contributed by atoms with Crippen LogP contribution in [0.5, 0.6) is 0 Å². The first-order chi connectivity index (χ1) is 6.89. The zero-order chi connectivity index (χ0) is 11.9. The molecule has 0 saturated carbocycles. The van der Waals surface area contributed by atoms with Gasteiger partial charge in [-0.15, -0.1) is 0 Å². The predicted octanol–water partition coefficient (Wildman–Crippen LogP) is 2.33. The standard InChI is InChI=1S/C9H14N2O.C3H7.Zn/c1-7-10-5-8(6-11-7)4-9(2,3)12;1-3-2;/h5-6,12H,4H2,1-3H3;3H,1-2H3;/q;-1;. The molecule has 1 aromatic rings. The molecule has 0 spiro atoms. The molecule has 1 N–H and O–H groups in total. The average molecular weight is 275 g/mol. The number of rotatable bonds is 2. The third kappa shape index (κ3) is 10.2. The van der Waals surface area contributed by atoms with Gasteiger partial charge in [-0.3, -0.25) is 0 Å². The molecule has 1 heterocycles. The van der Waals surface area contributed by atoms with Gasteiger partial charge in [-0.1, -0.05) is 0 Å². The van der Waals surface area contributed by atoms with Crippen molar-refractivity contribution in [3.63, 3.8) is 0 Å². The van der Waals surface area contributed by atoms with Crippen LogP contribution < -0.4 is 0 Å². The largest absolute Gasteiger partial charge is 0.390 e. The van der Waals surface area contributed by atoms with E-state index < -0.39 is 5.60 Å². The molecular formula is C12H21N2OZn-. The third-order valence-electron chi connectivity index (χ3n) is 1.47. The minimum Gasteiger partial charge on any atom is -0.390 e. The Bertz CT molecular complexity index is 267. The van der Waals surface area contributed by atoms with Crippen LogP contribution in [0, 0.1) is 13.3 Å². The molecule has 3 nitrogen and oxygen atoms in total. The van der Waals surface area contributed by atoms with Gasteiger partial charge in [0.1, 0.15) is 5.82 Å². The molecular weight excluding hydrogens is 254 g/mol. The van der Waals surface area contributed by atoms with Gasteiger partial charge in [-0.2, -0.15) is 13.8 Å². The summed E-state index contributed by atoms with van der Waals surface area (Å²) in [6, 6.07) is 0. The molecule has 0 radical (unpaired) electrons. The zero-order valence-electron chi connectivity index (χ0n) is 11.0. The molecule has 16 heavy (non-hydrogen) atoms.